The second-order valence-corrected chi connectivity index (χ2v) is 7.54. The van der Waals surface area contributed by atoms with Gasteiger partial charge in [0.05, 0.1) is 30.7 Å². The lowest BCUT2D eigenvalue weighted by molar-refractivity contribution is -0.139. The van der Waals surface area contributed by atoms with Crippen molar-refractivity contribution in [1.82, 2.24) is 19.9 Å². The molecule has 9 nitrogen and oxygen atoms in total. The van der Waals surface area contributed by atoms with E-state index in [0.29, 0.717) is 18.5 Å². The fraction of sp³-hybridized carbons (Fsp3) is 0.450. The molecule has 3 heterocycles. The first-order chi connectivity index (χ1) is 16.4. The lowest BCUT2D eigenvalue weighted by Gasteiger charge is -2.39. The zero-order valence-electron chi connectivity index (χ0n) is 17.9. The number of aromatic amines is 1. The molecule has 188 valence electrons. The van der Waals surface area contributed by atoms with Gasteiger partial charge in [0.2, 0.25) is 5.95 Å². The number of nitriles is 1. The van der Waals surface area contributed by atoms with Gasteiger partial charge in [-0.25, -0.2) is 14.8 Å². The second-order valence-electron chi connectivity index (χ2n) is 7.54. The van der Waals surface area contributed by atoms with Crippen molar-refractivity contribution < 1.29 is 35.9 Å². The maximum Gasteiger partial charge on any atom is 0.421 e. The van der Waals surface area contributed by atoms with Gasteiger partial charge < -0.3 is 19.5 Å². The van der Waals surface area contributed by atoms with Crippen molar-refractivity contribution in [3.8, 4) is 6.07 Å². The molecule has 0 unspecified atom stereocenters. The van der Waals surface area contributed by atoms with E-state index in [-0.39, 0.29) is 50.6 Å². The fourth-order valence-corrected chi connectivity index (χ4v) is 3.41. The van der Waals surface area contributed by atoms with E-state index in [4.69, 9.17) is 10.00 Å². The third-order valence-corrected chi connectivity index (χ3v) is 5.18. The predicted molar refractivity (Wildman–Crippen MR) is 107 cm³/mol. The first-order valence-corrected chi connectivity index (χ1v) is 10.1. The van der Waals surface area contributed by atoms with E-state index in [2.05, 4.69) is 9.97 Å². The van der Waals surface area contributed by atoms with Gasteiger partial charge in [-0.2, -0.15) is 31.6 Å². The van der Waals surface area contributed by atoms with Gasteiger partial charge in [0.25, 0.3) is 5.56 Å². The third-order valence-electron chi connectivity index (χ3n) is 5.18. The Bertz CT molecular complexity index is 1140. The Morgan fingerprint density at radius 1 is 1.17 bits per heavy atom. The number of halogens is 6. The highest BCUT2D eigenvalue weighted by molar-refractivity contribution is 5.68. The molecule has 1 atom stereocenters. The summed E-state index contributed by atoms with van der Waals surface area (Å²) < 4.78 is 81.9. The van der Waals surface area contributed by atoms with Crippen LogP contribution in [-0.2, 0) is 23.5 Å². The third kappa shape index (κ3) is 6.40. The minimum absolute atomic E-state index is 0.00694. The number of rotatable bonds is 5. The fourth-order valence-electron chi connectivity index (χ4n) is 3.41. The van der Waals surface area contributed by atoms with Crippen molar-refractivity contribution in [2.24, 2.45) is 0 Å². The van der Waals surface area contributed by atoms with Crippen molar-refractivity contribution in [3.05, 3.63) is 51.7 Å². The van der Waals surface area contributed by atoms with Crippen LogP contribution in [0, 0.1) is 11.3 Å². The average molecular weight is 504 g/mol. The standard InChI is InChI=1S/C20H18F6N6O3/c21-19(22,23)13-9-29-17(30-10-13)31-4-5-32(14(11-31)1-3-27)18(34)35-6-2-12-7-15(20(24,25)26)16(33)28-8-12/h7-10,14H,1-2,4-6,11H2,(H,28,33)/t14-/m1/s1. The number of alkyl halides is 6. The molecule has 1 fully saturated rings. The first-order valence-electron chi connectivity index (χ1n) is 10.1. The molecule has 0 bridgehead atoms. The summed E-state index contributed by atoms with van der Waals surface area (Å²) in [5.41, 5.74) is -3.56. The predicted octanol–water partition coefficient (Wildman–Crippen LogP) is 2.99. The number of piperazine rings is 1. The lowest BCUT2D eigenvalue weighted by atomic mass is 10.1. The van der Waals surface area contributed by atoms with Gasteiger partial charge in [-0.05, 0) is 11.6 Å². The topological polar surface area (TPSA) is 115 Å². The monoisotopic (exact) mass is 504 g/mol. The van der Waals surface area contributed by atoms with Gasteiger partial charge >= 0.3 is 18.4 Å². The number of H-pyrrole nitrogens is 1. The molecule has 1 aliphatic rings. The maximum atomic E-state index is 12.9. The molecule has 0 spiro atoms. The Hall–Kier alpha value is -3.83. The van der Waals surface area contributed by atoms with E-state index in [1.165, 1.54) is 9.80 Å². The SMILES string of the molecule is N#CC[C@@H]1CN(c2ncc(C(F)(F)F)cn2)CCN1C(=O)OCCc1c[nH]c(=O)c(C(F)(F)F)c1. The van der Waals surface area contributed by atoms with Gasteiger partial charge in [0, 0.05) is 44.6 Å². The molecule has 0 radical (unpaired) electrons. The Morgan fingerprint density at radius 2 is 1.86 bits per heavy atom. The molecule has 1 aliphatic heterocycles. The zero-order valence-corrected chi connectivity index (χ0v) is 17.9. The molecular formula is C20H18F6N6O3. The molecule has 0 saturated carbocycles. The number of aromatic nitrogens is 3. The summed E-state index contributed by atoms with van der Waals surface area (Å²) in [7, 11) is 0. The van der Waals surface area contributed by atoms with Crippen molar-refractivity contribution in [1.29, 1.82) is 5.26 Å². The minimum atomic E-state index is -4.83. The number of nitrogens with one attached hydrogen (secondary N) is 1. The highest BCUT2D eigenvalue weighted by Gasteiger charge is 2.35. The van der Waals surface area contributed by atoms with E-state index in [1.54, 1.807) is 0 Å². The Balaban J connectivity index is 1.60. The Kier molecular flexibility index (Phi) is 7.51. The quantitative estimate of drug-likeness (QED) is 0.623. The van der Waals surface area contributed by atoms with Crippen molar-refractivity contribution in [3.63, 3.8) is 0 Å². The minimum Gasteiger partial charge on any atom is -0.449 e. The highest BCUT2D eigenvalue weighted by atomic mass is 19.4. The molecule has 2 aromatic heterocycles. The molecule has 15 heteroatoms. The Morgan fingerprint density at radius 3 is 2.46 bits per heavy atom. The van der Waals surface area contributed by atoms with Crippen molar-refractivity contribution in [2.45, 2.75) is 31.2 Å². The van der Waals surface area contributed by atoms with E-state index in [9.17, 15) is 35.9 Å². The van der Waals surface area contributed by atoms with Gasteiger partial charge in [-0.1, -0.05) is 0 Å². The van der Waals surface area contributed by atoms with Crippen LogP contribution in [0.4, 0.5) is 37.1 Å². The van der Waals surface area contributed by atoms with Crippen LogP contribution in [0.2, 0.25) is 0 Å². The number of hydrogen-bond acceptors (Lipinski definition) is 7. The van der Waals surface area contributed by atoms with Crippen LogP contribution in [0.5, 0.6) is 0 Å². The number of carbonyl (C=O) groups is 1. The van der Waals surface area contributed by atoms with Crippen LogP contribution in [0.15, 0.2) is 29.5 Å². The van der Waals surface area contributed by atoms with Gasteiger partial charge in [-0.3, -0.25) is 4.79 Å². The van der Waals surface area contributed by atoms with Gasteiger partial charge in [-0.15, -0.1) is 0 Å². The number of anilines is 1. The average Bonchev–Trinajstić information content (AvgIpc) is 2.79. The largest absolute Gasteiger partial charge is 0.449 e. The molecule has 1 amide bonds. The molecule has 3 rings (SSSR count). The molecule has 1 saturated heterocycles. The number of nitrogens with zero attached hydrogens (tertiary/aromatic N) is 5. The second kappa shape index (κ2) is 10.2. The maximum absolute atomic E-state index is 12.9. The normalized spacial score (nSPS) is 16.7. The smallest absolute Gasteiger partial charge is 0.421 e. The van der Waals surface area contributed by atoms with Crippen LogP contribution in [-0.4, -0.2) is 58.2 Å². The number of ether oxygens (including phenoxy) is 1. The van der Waals surface area contributed by atoms with Crippen LogP contribution < -0.4 is 10.5 Å². The summed E-state index contributed by atoms with van der Waals surface area (Å²) in [6.45, 7) is -0.0315. The molecule has 0 aromatic carbocycles. The highest BCUT2D eigenvalue weighted by Crippen LogP contribution is 2.29. The molecule has 35 heavy (non-hydrogen) atoms. The number of carbonyl (C=O) groups excluding carboxylic acids is 1. The number of pyridine rings is 1. The van der Waals surface area contributed by atoms with Crippen LogP contribution in [0.1, 0.15) is 23.1 Å². The molecular weight excluding hydrogens is 486 g/mol. The van der Waals surface area contributed by atoms with Crippen molar-refractivity contribution in [2.75, 3.05) is 31.1 Å². The summed E-state index contributed by atoms with van der Waals surface area (Å²) in [6, 6.07) is 1.92. The first kappa shape index (κ1) is 25.8. The van der Waals surface area contributed by atoms with Crippen LogP contribution >= 0.6 is 0 Å². The molecule has 1 N–H and O–H groups in total. The molecule has 2 aromatic rings. The molecule has 0 aliphatic carbocycles. The van der Waals surface area contributed by atoms with E-state index >= 15 is 0 Å². The van der Waals surface area contributed by atoms with Crippen LogP contribution in [0.3, 0.4) is 0 Å². The lowest BCUT2D eigenvalue weighted by Crippen LogP contribution is -2.55. The summed E-state index contributed by atoms with van der Waals surface area (Å²) in [4.78, 5) is 36.1. The summed E-state index contributed by atoms with van der Waals surface area (Å²) in [5, 5.41) is 9.12. The van der Waals surface area contributed by atoms with Crippen molar-refractivity contribution >= 4 is 12.0 Å². The van der Waals surface area contributed by atoms with Crippen LogP contribution in [0.25, 0.3) is 0 Å². The van der Waals surface area contributed by atoms with Gasteiger partial charge in [0.1, 0.15) is 5.56 Å². The summed E-state index contributed by atoms with van der Waals surface area (Å²) in [6.07, 6.45) is -8.07. The summed E-state index contributed by atoms with van der Waals surface area (Å²) >= 11 is 0. The Labute approximate surface area is 193 Å². The van der Waals surface area contributed by atoms with E-state index < -0.39 is 41.2 Å². The number of amides is 1. The summed E-state index contributed by atoms with van der Waals surface area (Å²) in [5.74, 6) is 0.00694. The van der Waals surface area contributed by atoms with E-state index in [1.807, 2.05) is 11.1 Å². The van der Waals surface area contributed by atoms with E-state index in [0.717, 1.165) is 6.20 Å². The zero-order chi connectivity index (χ0) is 25.8. The van der Waals surface area contributed by atoms with Gasteiger partial charge in [0.15, 0.2) is 0 Å². The number of hydrogen-bond donors (Lipinski definition) is 1.